The Labute approximate surface area is 152 Å². The van der Waals surface area contributed by atoms with Crippen molar-refractivity contribution in [1.29, 1.82) is 0 Å². The number of carbonyl (C=O) groups excluding carboxylic acids is 3. The highest BCUT2D eigenvalue weighted by Gasteiger charge is 2.59. The molecule has 7 nitrogen and oxygen atoms in total. The van der Waals surface area contributed by atoms with Crippen molar-refractivity contribution in [3.05, 3.63) is 36.3 Å². The molecule has 138 valence electrons. The molecule has 3 aliphatic rings. The van der Waals surface area contributed by atoms with Crippen LogP contribution in [0.5, 0.6) is 0 Å². The monoisotopic (exact) mass is 357 g/mol. The van der Waals surface area contributed by atoms with E-state index in [4.69, 9.17) is 4.42 Å². The minimum Gasteiger partial charge on any atom is -0.468 e. The second-order valence-electron chi connectivity index (χ2n) is 7.56. The maximum Gasteiger partial charge on any atom is 0.240 e. The molecule has 4 rings (SSSR count). The summed E-state index contributed by atoms with van der Waals surface area (Å²) in [6.45, 7) is 0.137. The van der Waals surface area contributed by atoms with Crippen molar-refractivity contribution in [2.45, 2.75) is 12.5 Å². The Morgan fingerprint density at radius 2 is 1.92 bits per heavy atom. The van der Waals surface area contributed by atoms with Crippen LogP contribution in [0.1, 0.15) is 18.2 Å². The van der Waals surface area contributed by atoms with Gasteiger partial charge in [0.15, 0.2) is 0 Å². The number of amides is 3. The highest BCUT2D eigenvalue weighted by molar-refractivity contribution is 6.08. The zero-order valence-corrected chi connectivity index (χ0v) is 14.9. The number of nitrogens with one attached hydrogen (secondary N) is 1. The molecular weight excluding hydrogens is 334 g/mol. The Hall–Kier alpha value is -2.41. The Morgan fingerprint density at radius 1 is 1.27 bits per heavy atom. The van der Waals surface area contributed by atoms with E-state index in [0.717, 1.165) is 17.1 Å². The largest absolute Gasteiger partial charge is 0.468 e. The van der Waals surface area contributed by atoms with Crippen molar-refractivity contribution in [2.24, 2.45) is 23.7 Å². The van der Waals surface area contributed by atoms with E-state index in [9.17, 15) is 14.4 Å². The Balaban J connectivity index is 1.37. The molecule has 1 aromatic heterocycles. The molecule has 1 aromatic rings. The van der Waals surface area contributed by atoms with Crippen molar-refractivity contribution >= 4 is 17.7 Å². The lowest BCUT2D eigenvalue weighted by atomic mass is 9.85. The van der Waals surface area contributed by atoms with Gasteiger partial charge in [0.2, 0.25) is 17.7 Å². The molecule has 26 heavy (non-hydrogen) atoms. The van der Waals surface area contributed by atoms with Crippen LogP contribution in [0.3, 0.4) is 0 Å². The number of likely N-dealkylation sites (N-methyl/N-ethyl adjacent to an activating group) is 1. The van der Waals surface area contributed by atoms with E-state index >= 15 is 0 Å². The van der Waals surface area contributed by atoms with E-state index in [2.05, 4.69) is 5.32 Å². The van der Waals surface area contributed by atoms with Gasteiger partial charge in [0.25, 0.3) is 0 Å². The maximum atomic E-state index is 12.6. The topological polar surface area (TPSA) is 82.9 Å². The van der Waals surface area contributed by atoms with E-state index in [0.29, 0.717) is 6.54 Å². The minimum absolute atomic E-state index is 0.113. The summed E-state index contributed by atoms with van der Waals surface area (Å²) in [4.78, 5) is 40.7. The van der Waals surface area contributed by atoms with Crippen LogP contribution >= 0.6 is 0 Å². The number of nitrogens with zero attached hydrogens (tertiary/aromatic N) is 2. The number of hydrogen-bond donors (Lipinski definition) is 1. The molecule has 1 N–H and O–H groups in total. The molecule has 1 saturated carbocycles. The Morgan fingerprint density at radius 3 is 2.46 bits per heavy atom. The van der Waals surface area contributed by atoms with E-state index in [1.807, 2.05) is 37.2 Å². The summed E-state index contributed by atoms with van der Waals surface area (Å²) in [5.41, 5.74) is 0. The molecule has 3 amide bonds. The van der Waals surface area contributed by atoms with Crippen LogP contribution in [0.25, 0.3) is 0 Å². The second-order valence-corrected chi connectivity index (χ2v) is 7.56. The standard InChI is InChI=1S/C19H23N3O4/c1-21(2)13(14-4-3-7-26-14)9-20-15(23)10-22-18(24)16-11-5-6-12(8-11)17(16)19(22)25/h3-7,11-13,16-17H,8-10H2,1-2H3,(H,20,23). The molecule has 0 aromatic carbocycles. The predicted octanol–water partition coefficient (Wildman–Crippen LogP) is 0.806. The van der Waals surface area contributed by atoms with Gasteiger partial charge in [-0.15, -0.1) is 0 Å². The first-order valence-corrected chi connectivity index (χ1v) is 8.97. The van der Waals surface area contributed by atoms with Crippen molar-refractivity contribution < 1.29 is 18.8 Å². The van der Waals surface area contributed by atoms with Gasteiger partial charge in [0, 0.05) is 6.54 Å². The third-order valence-corrected chi connectivity index (χ3v) is 5.85. The average Bonchev–Trinajstić information content (AvgIpc) is 3.36. The van der Waals surface area contributed by atoms with Gasteiger partial charge in [0.05, 0.1) is 24.1 Å². The van der Waals surface area contributed by atoms with E-state index in [-0.39, 0.29) is 54.0 Å². The number of likely N-dealkylation sites (tertiary alicyclic amines) is 1. The summed E-state index contributed by atoms with van der Waals surface area (Å²) in [5, 5.41) is 2.82. The molecular formula is C19H23N3O4. The molecule has 2 heterocycles. The summed E-state index contributed by atoms with van der Waals surface area (Å²) < 4.78 is 5.42. The van der Waals surface area contributed by atoms with Gasteiger partial charge in [-0.1, -0.05) is 12.2 Å². The highest BCUT2D eigenvalue weighted by Crippen LogP contribution is 2.52. The quantitative estimate of drug-likeness (QED) is 0.602. The summed E-state index contributed by atoms with van der Waals surface area (Å²) >= 11 is 0. The smallest absolute Gasteiger partial charge is 0.240 e. The first-order valence-electron chi connectivity index (χ1n) is 8.97. The van der Waals surface area contributed by atoms with Crippen molar-refractivity contribution in [3.8, 4) is 0 Å². The maximum absolute atomic E-state index is 12.6. The van der Waals surface area contributed by atoms with E-state index in [1.54, 1.807) is 12.3 Å². The number of carbonyl (C=O) groups is 3. The van der Waals surface area contributed by atoms with Crippen LogP contribution in [-0.4, -0.2) is 54.7 Å². The highest BCUT2D eigenvalue weighted by atomic mass is 16.3. The van der Waals surface area contributed by atoms with E-state index in [1.165, 1.54) is 0 Å². The fourth-order valence-electron chi connectivity index (χ4n) is 4.55. The zero-order chi connectivity index (χ0) is 18.4. The SMILES string of the molecule is CN(C)C(CNC(=O)CN1C(=O)C2C3C=CC(C3)C2C1=O)c1ccco1. The number of allylic oxidation sites excluding steroid dienone is 2. The van der Waals surface area contributed by atoms with E-state index < -0.39 is 0 Å². The van der Waals surface area contributed by atoms with Crippen molar-refractivity contribution in [3.63, 3.8) is 0 Å². The first-order chi connectivity index (χ1) is 12.5. The van der Waals surface area contributed by atoms with Gasteiger partial charge in [-0.25, -0.2) is 0 Å². The predicted molar refractivity (Wildman–Crippen MR) is 92.6 cm³/mol. The van der Waals surface area contributed by atoms with Gasteiger partial charge >= 0.3 is 0 Å². The average molecular weight is 357 g/mol. The van der Waals surface area contributed by atoms with Crippen LogP contribution < -0.4 is 5.32 Å². The van der Waals surface area contributed by atoms with Crippen LogP contribution in [-0.2, 0) is 14.4 Å². The fourth-order valence-corrected chi connectivity index (χ4v) is 4.55. The van der Waals surface area contributed by atoms with Gasteiger partial charge in [0.1, 0.15) is 12.3 Å². The molecule has 0 radical (unpaired) electrons. The minimum atomic E-state index is -0.328. The van der Waals surface area contributed by atoms with Crippen LogP contribution in [0, 0.1) is 23.7 Å². The summed E-state index contributed by atoms with van der Waals surface area (Å²) in [6.07, 6.45) is 6.58. The molecule has 5 atom stereocenters. The lowest BCUT2D eigenvalue weighted by molar-refractivity contribution is -0.144. The second kappa shape index (κ2) is 6.39. The van der Waals surface area contributed by atoms with Crippen molar-refractivity contribution in [2.75, 3.05) is 27.2 Å². The lowest BCUT2D eigenvalue weighted by Gasteiger charge is -2.23. The van der Waals surface area contributed by atoms with Crippen LogP contribution in [0.15, 0.2) is 35.0 Å². The third kappa shape index (κ3) is 2.67. The van der Waals surface area contributed by atoms with Crippen molar-refractivity contribution in [1.82, 2.24) is 15.1 Å². The Kier molecular flexibility index (Phi) is 4.19. The number of furan rings is 1. The summed E-state index contributed by atoms with van der Waals surface area (Å²) in [6, 6.07) is 3.54. The molecule has 1 aliphatic heterocycles. The Bertz CT molecular complexity index is 725. The lowest BCUT2D eigenvalue weighted by Crippen LogP contribution is -2.43. The third-order valence-electron chi connectivity index (χ3n) is 5.85. The normalized spacial score (nSPS) is 30.3. The zero-order valence-electron chi connectivity index (χ0n) is 14.9. The molecule has 7 heteroatoms. The molecule has 1 saturated heterocycles. The molecule has 0 spiro atoms. The number of imide groups is 1. The van der Waals surface area contributed by atoms with Gasteiger partial charge < -0.3 is 9.73 Å². The fraction of sp³-hybridized carbons (Fsp3) is 0.526. The number of rotatable bonds is 6. The molecule has 5 unspecified atom stereocenters. The van der Waals surface area contributed by atoms with Crippen LogP contribution in [0.4, 0.5) is 0 Å². The molecule has 2 fully saturated rings. The number of hydrogen-bond acceptors (Lipinski definition) is 5. The first kappa shape index (κ1) is 17.0. The van der Waals surface area contributed by atoms with Gasteiger partial charge in [-0.3, -0.25) is 24.2 Å². The molecule has 2 aliphatic carbocycles. The summed E-state index contributed by atoms with van der Waals surface area (Å²) in [5.74, 6) is -0.167. The van der Waals surface area contributed by atoms with Gasteiger partial charge in [-0.2, -0.15) is 0 Å². The summed E-state index contributed by atoms with van der Waals surface area (Å²) in [7, 11) is 3.80. The number of fused-ring (bicyclic) bond motifs is 5. The van der Waals surface area contributed by atoms with Crippen LogP contribution in [0.2, 0.25) is 0 Å². The van der Waals surface area contributed by atoms with Gasteiger partial charge in [-0.05, 0) is 44.5 Å². The molecule has 2 bridgehead atoms.